The Kier molecular flexibility index (Phi) is 48.9. The van der Waals surface area contributed by atoms with Crippen LogP contribution in [-0.2, 0) is 23.9 Å². The van der Waals surface area contributed by atoms with Crippen molar-refractivity contribution in [3.63, 3.8) is 0 Å². The average molecular weight is 799 g/mol. The molecule has 0 rings (SSSR count). The molecule has 0 aromatic heterocycles. The Morgan fingerprint density at radius 1 is 0.518 bits per heavy atom. The first-order valence-electron chi connectivity index (χ1n) is 21.4. The minimum absolute atomic E-state index is 0. The fourth-order valence-corrected chi connectivity index (χ4v) is 5.39. The van der Waals surface area contributed by atoms with Crippen LogP contribution >= 0.6 is 0 Å². The first-order chi connectivity index (χ1) is 26.7. The Balaban J connectivity index is -0.000000986. The third-order valence-electron chi connectivity index (χ3n) is 9.06. The van der Waals surface area contributed by atoms with Crippen molar-refractivity contribution in [2.45, 2.75) is 193 Å². The summed E-state index contributed by atoms with van der Waals surface area (Å²) in [5.41, 5.74) is 0. The van der Waals surface area contributed by atoms with Gasteiger partial charge < -0.3 is 35.5 Å². The smallest absolute Gasteiger partial charge is 0.548 e. The van der Waals surface area contributed by atoms with E-state index in [9.17, 15) is 34.5 Å². The van der Waals surface area contributed by atoms with Crippen molar-refractivity contribution in [3.8, 4) is 0 Å². The molecular weight excluding hydrogens is 719 g/mol. The molecule has 2 amide bonds. The first kappa shape index (κ1) is 58.1. The Morgan fingerprint density at radius 3 is 1.14 bits per heavy atom. The summed E-state index contributed by atoms with van der Waals surface area (Å²) in [6.07, 6.45) is 43.7. The summed E-state index contributed by atoms with van der Waals surface area (Å²) in [5, 5.41) is 33.9. The van der Waals surface area contributed by atoms with E-state index in [1.54, 1.807) is 0 Å². The summed E-state index contributed by atoms with van der Waals surface area (Å²) in [5.74, 6) is -2.02. The van der Waals surface area contributed by atoms with Gasteiger partial charge in [0.1, 0.15) is 6.54 Å². The molecule has 0 spiro atoms. The van der Waals surface area contributed by atoms with E-state index in [1.165, 1.54) is 71.3 Å². The summed E-state index contributed by atoms with van der Waals surface area (Å²) in [6.45, 7) is 3.57. The van der Waals surface area contributed by atoms with E-state index >= 15 is 0 Å². The molecule has 2 unspecified atom stereocenters. The van der Waals surface area contributed by atoms with Crippen molar-refractivity contribution < 1.29 is 68.8 Å². The second-order valence-electron chi connectivity index (χ2n) is 14.1. The van der Waals surface area contributed by atoms with Crippen LogP contribution in [0.3, 0.4) is 0 Å². The molecule has 0 heterocycles. The quantitative estimate of drug-likeness (QED) is 0.0289. The Labute approximate surface area is 363 Å². The molecule has 0 radical (unpaired) electrons. The predicted octanol–water partition coefficient (Wildman–Crippen LogP) is 5.26. The molecule has 10 nitrogen and oxygen atoms in total. The van der Waals surface area contributed by atoms with E-state index in [2.05, 4.69) is 64.0 Å². The molecule has 0 aromatic carbocycles. The standard InChI is InChI=1S/C23H41NO4.C22H39NO4.Na/c1-3-21(25)18-16-14-12-10-8-6-4-5-7-9-11-13-15-17-19-22(26)24-20-23(27)28-2;1-2-20(24)17-15-13-11-9-7-5-3-4-6-8-10-12-14-16-18-21(25)23-19-22(26)27;/h11-14,21,25H,3-10,15-20H2,1-2H3,(H,24,26);10-13,20,24H,2-9,14-19H2,1H3,(H,23,25)(H,26,27);/q;;+1/p-1/b13-11-,14-12-;12-10-,13-11-;. The molecule has 0 aliphatic heterocycles. The molecule has 4 N–H and O–H groups in total. The van der Waals surface area contributed by atoms with Gasteiger partial charge in [-0.15, -0.1) is 0 Å². The zero-order valence-corrected chi connectivity index (χ0v) is 37.9. The Morgan fingerprint density at radius 2 is 0.821 bits per heavy atom. The number of allylic oxidation sites excluding steroid dienone is 8. The van der Waals surface area contributed by atoms with Crippen molar-refractivity contribution in [2.75, 3.05) is 20.2 Å². The number of aliphatic carboxylic acids is 1. The van der Waals surface area contributed by atoms with Gasteiger partial charge in [0, 0.05) is 12.8 Å². The van der Waals surface area contributed by atoms with Gasteiger partial charge in [-0.1, -0.05) is 101 Å². The zero-order valence-electron chi connectivity index (χ0n) is 35.9. The van der Waals surface area contributed by atoms with Gasteiger partial charge in [-0.2, -0.15) is 0 Å². The number of carboxylic acid groups (broad SMARTS) is 1. The summed E-state index contributed by atoms with van der Waals surface area (Å²) < 4.78 is 4.47. The maximum absolute atomic E-state index is 11.5. The number of carboxylic acids is 1. The molecule has 2 atom stereocenters. The normalized spacial score (nSPS) is 12.4. The number of ether oxygens (including phenoxy) is 1. The molecule has 0 saturated carbocycles. The van der Waals surface area contributed by atoms with Crippen molar-refractivity contribution in [3.05, 3.63) is 48.6 Å². The molecule has 0 aliphatic rings. The van der Waals surface area contributed by atoms with E-state index < -0.39 is 18.5 Å². The fourth-order valence-electron chi connectivity index (χ4n) is 5.39. The number of aliphatic hydroxyl groups is 2. The van der Waals surface area contributed by atoms with E-state index in [0.717, 1.165) is 89.9 Å². The second kappa shape index (κ2) is 47.1. The first-order valence-corrected chi connectivity index (χ1v) is 21.4. The average Bonchev–Trinajstić information content (AvgIpc) is 3.18. The summed E-state index contributed by atoms with van der Waals surface area (Å²) in [4.78, 5) is 43.9. The van der Waals surface area contributed by atoms with E-state index in [1.807, 2.05) is 13.8 Å². The Bertz CT molecular complexity index is 1050. The maximum atomic E-state index is 11.5. The molecule has 0 aliphatic carbocycles. The van der Waals surface area contributed by atoms with Crippen LogP contribution in [0.15, 0.2) is 48.6 Å². The third kappa shape index (κ3) is 49.8. The number of aliphatic hydroxyl groups excluding tert-OH is 2. The van der Waals surface area contributed by atoms with Crippen LogP contribution in [0, 0.1) is 0 Å². The van der Waals surface area contributed by atoms with Gasteiger partial charge >= 0.3 is 35.5 Å². The van der Waals surface area contributed by atoms with E-state index in [0.29, 0.717) is 12.8 Å². The van der Waals surface area contributed by atoms with Crippen LogP contribution in [-0.4, -0.2) is 66.4 Å². The molecule has 11 heteroatoms. The largest absolute Gasteiger partial charge is 1.00 e. The van der Waals surface area contributed by atoms with Gasteiger partial charge in [0.05, 0.1) is 31.8 Å². The SMILES string of the molecule is CCC(O)CC/C=C\CCCCCCC/C=C\CCCC(=O)NCC(=O)OC.CCC(O)CC/C=C\CCCCCCC/C=C\CCCC(=O)NCC(=O)[O-].[Na+]. The van der Waals surface area contributed by atoms with Crippen LogP contribution in [0.1, 0.15) is 181 Å². The number of carbonyl (C=O) groups excluding carboxylic acids is 4. The number of carbonyl (C=O) groups is 4. The molecule has 0 fully saturated rings. The van der Waals surface area contributed by atoms with E-state index in [-0.39, 0.29) is 60.1 Å². The van der Waals surface area contributed by atoms with Crippen molar-refractivity contribution in [1.82, 2.24) is 10.6 Å². The van der Waals surface area contributed by atoms with Gasteiger partial charge in [-0.25, -0.2) is 0 Å². The van der Waals surface area contributed by atoms with Gasteiger partial charge in [-0.3, -0.25) is 14.4 Å². The summed E-state index contributed by atoms with van der Waals surface area (Å²) >= 11 is 0. The second-order valence-corrected chi connectivity index (χ2v) is 14.1. The zero-order chi connectivity index (χ0) is 41.0. The van der Waals surface area contributed by atoms with Crippen LogP contribution in [0.2, 0.25) is 0 Å². The number of esters is 1. The van der Waals surface area contributed by atoms with Gasteiger partial charge in [0.25, 0.3) is 0 Å². The van der Waals surface area contributed by atoms with Crippen molar-refractivity contribution >= 4 is 23.8 Å². The minimum Gasteiger partial charge on any atom is -0.548 e. The molecular formula is C45H79N2NaO8. The van der Waals surface area contributed by atoms with Crippen molar-refractivity contribution in [1.29, 1.82) is 0 Å². The predicted molar refractivity (Wildman–Crippen MR) is 223 cm³/mol. The monoisotopic (exact) mass is 799 g/mol. The third-order valence-corrected chi connectivity index (χ3v) is 9.06. The van der Waals surface area contributed by atoms with Gasteiger partial charge in [0.15, 0.2) is 0 Å². The fraction of sp³-hybridized carbons (Fsp3) is 0.733. The van der Waals surface area contributed by atoms with Crippen LogP contribution in [0.4, 0.5) is 0 Å². The summed E-state index contributed by atoms with van der Waals surface area (Å²) in [7, 11) is 1.31. The number of hydrogen-bond donors (Lipinski definition) is 4. The Hall–Kier alpha value is -2.24. The van der Waals surface area contributed by atoms with E-state index in [4.69, 9.17) is 0 Å². The van der Waals surface area contributed by atoms with Crippen LogP contribution < -0.4 is 45.3 Å². The van der Waals surface area contributed by atoms with Crippen LogP contribution in [0.5, 0.6) is 0 Å². The number of amides is 2. The maximum Gasteiger partial charge on any atom is 1.00 e. The van der Waals surface area contributed by atoms with Crippen molar-refractivity contribution in [2.24, 2.45) is 0 Å². The minimum atomic E-state index is -1.26. The molecule has 0 saturated heterocycles. The summed E-state index contributed by atoms with van der Waals surface area (Å²) in [6, 6.07) is 0. The van der Waals surface area contributed by atoms with Gasteiger partial charge in [0.2, 0.25) is 11.8 Å². The molecule has 0 aromatic rings. The number of methoxy groups -OCH3 is 1. The number of rotatable bonds is 36. The van der Waals surface area contributed by atoms with Crippen LogP contribution in [0.25, 0.3) is 0 Å². The molecule has 0 bridgehead atoms. The topological polar surface area (TPSA) is 165 Å². The molecule has 56 heavy (non-hydrogen) atoms. The molecule has 318 valence electrons. The number of hydrogen-bond acceptors (Lipinski definition) is 8. The van der Waals surface area contributed by atoms with Gasteiger partial charge in [-0.05, 0) is 116 Å². The number of unbranched alkanes of at least 4 members (excludes halogenated alkanes) is 14. The number of nitrogens with one attached hydrogen (secondary N) is 2.